The number of hydrogen-bond donors (Lipinski definition) is 1. The highest BCUT2D eigenvalue weighted by molar-refractivity contribution is 8.01. The molecule has 0 aliphatic rings. The third-order valence-electron chi connectivity index (χ3n) is 4.65. The Morgan fingerprint density at radius 2 is 2.03 bits per heavy atom. The maximum Gasteiger partial charge on any atom is 0.250 e. The number of methoxy groups -OCH3 is 1. The molecule has 1 heterocycles. The Morgan fingerprint density at radius 1 is 1.21 bits per heavy atom. The van der Waals surface area contributed by atoms with Gasteiger partial charge >= 0.3 is 0 Å². The minimum absolute atomic E-state index is 0.0993. The van der Waals surface area contributed by atoms with Crippen LogP contribution in [-0.2, 0) is 11.4 Å². The first-order valence-corrected chi connectivity index (χ1v) is 12.3. The molecule has 0 bridgehead atoms. The van der Waals surface area contributed by atoms with Crippen molar-refractivity contribution in [2.45, 2.75) is 10.9 Å². The Morgan fingerprint density at radius 3 is 2.82 bits per heavy atom. The second kappa shape index (κ2) is 11.3. The van der Waals surface area contributed by atoms with E-state index >= 15 is 0 Å². The molecule has 3 aromatic carbocycles. The number of thiazole rings is 1. The van der Waals surface area contributed by atoms with Gasteiger partial charge < -0.3 is 9.47 Å². The molecule has 0 aliphatic carbocycles. The maximum atomic E-state index is 14.1. The lowest BCUT2D eigenvalue weighted by molar-refractivity contribution is -0.118. The number of amides is 1. The zero-order valence-corrected chi connectivity index (χ0v) is 20.3. The third kappa shape index (κ3) is 5.85. The Labute approximate surface area is 208 Å². The molecule has 0 saturated heterocycles. The number of carbonyl (C=O) groups excluding carboxylic acids is 1. The molecule has 6 nitrogen and oxygen atoms in total. The first kappa shape index (κ1) is 24.0. The van der Waals surface area contributed by atoms with Gasteiger partial charge in [0.2, 0.25) is 0 Å². The molecule has 1 amide bonds. The lowest BCUT2D eigenvalue weighted by atomic mass is 10.2. The number of benzene rings is 3. The van der Waals surface area contributed by atoms with Crippen molar-refractivity contribution in [2.75, 3.05) is 12.9 Å². The lowest BCUT2D eigenvalue weighted by Gasteiger charge is -2.14. The van der Waals surface area contributed by atoms with Crippen molar-refractivity contribution in [3.8, 4) is 11.5 Å². The Balaban J connectivity index is 1.39. The van der Waals surface area contributed by atoms with Gasteiger partial charge in [-0.3, -0.25) is 4.79 Å². The van der Waals surface area contributed by atoms with E-state index in [2.05, 4.69) is 15.5 Å². The third-order valence-corrected chi connectivity index (χ3v) is 7.18. The number of fused-ring (bicyclic) bond motifs is 1. The molecule has 34 heavy (non-hydrogen) atoms. The Kier molecular flexibility index (Phi) is 7.99. The summed E-state index contributed by atoms with van der Waals surface area (Å²) in [6, 6.07) is 17.5. The van der Waals surface area contributed by atoms with Crippen molar-refractivity contribution < 1.29 is 18.7 Å². The van der Waals surface area contributed by atoms with Gasteiger partial charge in [-0.15, -0.1) is 11.3 Å². The zero-order valence-electron chi connectivity index (χ0n) is 18.0. The summed E-state index contributed by atoms with van der Waals surface area (Å²) in [5, 5.41) is 4.30. The van der Waals surface area contributed by atoms with E-state index < -0.39 is 5.82 Å². The quantitative estimate of drug-likeness (QED) is 0.170. The molecule has 4 aromatic rings. The first-order valence-electron chi connectivity index (χ1n) is 10.1. The van der Waals surface area contributed by atoms with Gasteiger partial charge in [0.25, 0.3) is 5.91 Å². The topological polar surface area (TPSA) is 72.8 Å². The van der Waals surface area contributed by atoms with E-state index in [-0.39, 0.29) is 28.9 Å². The predicted octanol–water partition coefficient (Wildman–Crippen LogP) is 5.92. The highest BCUT2D eigenvalue weighted by Gasteiger charge is 2.13. The van der Waals surface area contributed by atoms with Crippen LogP contribution in [0.5, 0.6) is 11.5 Å². The Bertz CT molecular complexity index is 1290. The van der Waals surface area contributed by atoms with Crippen LogP contribution in [0.1, 0.15) is 11.1 Å². The molecule has 0 unspecified atom stereocenters. The molecule has 0 aliphatic heterocycles. The number of para-hydroxylation sites is 2. The lowest BCUT2D eigenvalue weighted by Crippen LogP contribution is -2.19. The number of halogens is 2. The summed E-state index contributed by atoms with van der Waals surface area (Å²) in [5.74, 6) is 0.226. The number of carbonyl (C=O) groups is 1. The highest BCUT2D eigenvalue weighted by Crippen LogP contribution is 2.32. The second-order valence-electron chi connectivity index (χ2n) is 6.90. The number of nitrogens with one attached hydrogen (secondary N) is 1. The van der Waals surface area contributed by atoms with E-state index in [0.717, 1.165) is 14.6 Å². The smallest absolute Gasteiger partial charge is 0.250 e. The van der Waals surface area contributed by atoms with Crippen molar-refractivity contribution in [3.63, 3.8) is 0 Å². The van der Waals surface area contributed by atoms with Crippen LogP contribution in [0.2, 0.25) is 5.02 Å². The van der Waals surface area contributed by atoms with Crippen LogP contribution in [0, 0.1) is 5.82 Å². The van der Waals surface area contributed by atoms with E-state index in [0.29, 0.717) is 17.1 Å². The minimum atomic E-state index is -0.462. The summed E-state index contributed by atoms with van der Waals surface area (Å²) in [6.45, 7) is -0.0993. The largest absolute Gasteiger partial charge is 0.493 e. The van der Waals surface area contributed by atoms with Gasteiger partial charge in [-0.25, -0.2) is 14.8 Å². The minimum Gasteiger partial charge on any atom is -0.493 e. The van der Waals surface area contributed by atoms with Crippen LogP contribution in [-0.4, -0.2) is 30.0 Å². The monoisotopic (exact) mass is 515 g/mol. The van der Waals surface area contributed by atoms with Crippen LogP contribution in [0.3, 0.4) is 0 Å². The summed E-state index contributed by atoms with van der Waals surface area (Å²) >= 11 is 8.98. The van der Waals surface area contributed by atoms with Crippen molar-refractivity contribution in [3.05, 3.63) is 82.6 Å². The van der Waals surface area contributed by atoms with Gasteiger partial charge in [-0.05, 0) is 36.4 Å². The molecule has 0 radical (unpaired) electrons. The first-order chi connectivity index (χ1) is 16.5. The number of thioether (sulfide) groups is 1. The number of ether oxygens (including phenoxy) is 2. The van der Waals surface area contributed by atoms with Gasteiger partial charge in [0.15, 0.2) is 15.8 Å². The van der Waals surface area contributed by atoms with Crippen LogP contribution < -0.4 is 14.9 Å². The summed E-state index contributed by atoms with van der Waals surface area (Å²) < 4.78 is 27.2. The molecule has 0 saturated carbocycles. The molecule has 10 heteroatoms. The molecule has 0 fully saturated rings. The average Bonchev–Trinajstić information content (AvgIpc) is 3.26. The number of nitrogens with zero attached hydrogens (tertiary/aromatic N) is 2. The van der Waals surface area contributed by atoms with Crippen molar-refractivity contribution in [1.29, 1.82) is 0 Å². The second-order valence-corrected chi connectivity index (χ2v) is 9.56. The number of hydrogen-bond acceptors (Lipinski definition) is 7. The van der Waals surface area contributed by atoms with Gasteiger partial charge in [0, 0.05) is 11.1 Å². The SMILES string of the molecule is COc1cccc(/C=N/NC(=O)CSc2nc3ccccc3s2)c1OCc1c(F)cccc1Cl. The fourth-order valence-electron chi connectivity index (χ4n) is 3.01. The van der Waals surface area contributed by atoms with Crippen molar-refractivity contribution in [2.24, 2.45) is 5.10 Å². The molecule has 174 valence electrons. The van der Waals surface area contributed by atoms with Crippen LogP contribution in [0.25, 0.3) is 10.2 Å². The summed E-state index contributed by atoms with van der Waals surface area (Å²) in [4.78, 5) is 16.7. The molecular formula is C24H19ClFN3O3S2. The normalized spacial score (nSPS) is 11.1. The van der Waals surface area contributed by atoms with E-state index in [1.165, 1.54) is 48.6 Å². The van der Waals surface area contributed by atoms with Gasteiger partial charge in [-0.1, -0.05) is 47.6 Å². The van der Waals surface area contributed by atoms with E-state index in [1.807, 2.05) is 24.3 Å². The maximum absolute atomic E-state index is 14.1. The standard InChI is InChI=1S/C24H19ClFN3O3S2/c1-31-20-10-4-6-15(23(20)32-13-16-17(25)7-5-8-18(16)26)12-27-29-22(30)14-33-24-28-19-9-2-3-11-21(19)34-24/h2-12H,13-14H2,1H3,(H,29,30)/b27-12+. The van der Waals surface area contributed by atoms with Crippen molar-refractivity contribution >= 4 is 57.0 Å². The predicted molar refractivity (Wildman–Crippen MR) is 135 cm³/mol. The van der Waals surface area contributed by atoms with Gasteiger partial charge in [0.1, 0.15) is 12.4 Å². The van der Waals surface area contributed by atoms with Crippen LogP contribution in [0.15, 0.2) is 70.1 Å². The van der Waals surface area contributed by atoms with Gasteiger partial charge in [-0.2, -0.15) is 5.10 Å². The molecule has 1 aromatic heterocycles. The van der Waals surface area contributed by atoms with Crippen molar-refractivity contribution in [1.82, 2.24) is 10.4 Å². The molecular weight excluding hydrogens is 497 g/mol. The van der Waals surface area contributed by atoms with Gasteiger partial charge in [0.05, 0.1) is 34.3 Å². The molecule has 4 rings (SSSR count). The molecule has 0 spiro atoms. The zero-order chi connectivity index (χ0) is 23.9. The summed E-state index contributed by atoms with van der Waals surface area (Å²) in [6.07, 6.45) is 1.45. The van der Waals surface area contributed by atoms with E-state index in [9.17, 15) is 9.18 Å². The molecule has 0 atom stereocenters. The van der Waals surface area contributed by atoms with Crippen LogP contribution in [0.4, 0.5) is 4.39 Å². The fourth-order valence-corrected chi connectivity index (χ4v) is 5.09. The average molecular weight is 516 g/mol. The Hall–Kier alpha value is -3.14. The summed E-state index contributed by atoms with van der Waals surface area (Å²) in [7, 11) is 1.50. The number of hydrazone groups is 1. The number of rotatable bonds is 9. The highest BCUT2D eigenvalue weighted by atomic mass is 35.5. The van der Waals surface area contributed by atoms with Crippen LogP contribution >= 0.6 is 34.7 Å². The fraction of sp³-hybridized carbons (Fsp3) is 0.125. The van der Waals surface area contributed by atoms with E-state index in [1.54, 1.807) is 24.3 Å². The number of aromatic nitrogens is 1. The molecule has 1 N–H and O–H groups in total. The summed E-state index contributed by atoms with van der Waals surface area (Å²) in [5.41, 5.74) is 4.20. The van der Waals surface area contributed by atoms with E-state index in [4.69, 9.17) is 21.1 Å².